The van der Waals surface area contributed by atoms with E-state index in [2.05, 4.69) is 19.2 Å². The number of rotatable bonds is 8. The highest BCUT2D eigenvalue weighted by atomic mass is 16.5. The van der Waals surface area contributed by atoms with E-state index in [9.17, 15) is 9.59 Å². The third-order valence-corrected chi connectivity index (χ3v) is 5.51. The molecule has 2 amide bonds. The SMILES string of the molecule is CC(Oc1ccccc1C(C)C)C(=O)NC1CCN(C(=O)COc2ccccc2)CC1. The molecule has 3 rings (SSSR count). The van der Waals surface area contributed by atoms with Gasteiger partial charge in [-0.15, -0.1) is 0 Å². The van der Waals surface area contributed by atoms with Gasteiger partial charge in [0, 0.05) is 19.1 Å². The quantitative estimate of drug-likeness (QED) is 0.701. The van der Waals surface area contributed by atoms with Gasteiger partial charge in [0.05, 0.1) is 0 Å². The van der Waals surface area contributed by atoms with Crippen molar-refractivity contribution in [1.29, 1.82) is 0 Å². The van der Waals surface area contributed by atoms with Crippen LogP contribution in [0.4, 0.5) is 0 Å². The Labute approximate surface area is 184 Å². The highest BCUT2D eigenvalue weighted by molar-refractivity contribution is 5.81. The van der Waals surface area contributed by atoms with Crippen molar-refractivity contribution in [3.8, 4) is 11.5 Å². The smallest absolute Gasteiger partial charge is 0.260 e. The first-order chi connectivity index (χ1) is 14.9. The summed E-state index contributed by atoms with van der Waals surface area (Å²) in [6.45, 7) is 7.22. The number of amides is 2. The molecule has 1 N–H and O–H groups in total. The summed E-state index contributed by atoms with van der Waals surface area (Å²) < 4.78 is 11.5. The summed E-state index contributed by atoms with van der Waals surface area (Å²) in [7, 11) is 0. The van der Waals surface area contributed by atoms with E-state index in [1.54, 1.807) is 11.8 Å². The number of hydrogen-bond acceptors (Lipinski definition) is 4. The molecule has 1 unspecified atom stereocenters. The van der Waals surface area contributed by atoms with E-state index in [0.29, 0.717) is 24.8 Å². The minimum Gasteiger partial charge on any atom is -0.484 e. The van der Waals surface area contributed by atoms with Gasteiger partial charge in [0.2, 0.25) is 0 Å². The standard InChI is InChI=1S/C25H32N2O4/c1-18(2)22-11-7-8-12-23(22)31-19(3)25(29)26-20-13-15-27(16-14-20)24(28)17-30-21-9-5-4-6-10-21/h4-12,18-20H,13-17H2,1-3H3,(H,26,29). The first kappa shape index (κ1) is 22.7. The average Bonchev–Trinajstić information content (AvgIpc) is 2.78. The number of nitrogens with zero attached hydrogens (tertiary/aromatic N) is 1. The second-order valence-electron chi connectivity index (χ2n) is 8.22. The molecule has 166 valence electrons. The molecule has 31 heavy (non-hydrogen) atoms. The highest BCUT2D eigenvalue weighted by Gasteiger charge is 2.26. The average molecular weight is 425 g/mol. The monoisotopic (exact) mass is 424 g/mol. The molecule has 1 atom stereocenters. The molecular formula is C25H32N2O4. The van der Waals surface area contributed by atoms with Crippen molar-refractivity contribution < 1.29 is 19.1 Å². The zero-order valence-electron chi connectivity index (χ0n) is 18.5. The van der Waals surface area contributed by atoms with Crippen LogP contribution in [-0.2, 0) is 9.59 Å². The fourth-order valence-electron chi connectivity index (χ4n) is 3.65. The van der Waals surface area contributed by atoms with Gasteiger partial charge in [0.25, 0.3) is 11.8 Å². The normalized spacial score (nSPS) is 15.4. The summed E-state index contributed by atoms with van der Waals surface area (Å²) in [4.78, 5) is 26.8. The van der Waals surface area contributed by atoms with E-state index in [-0.39, 0.29) is 24.5 Å². The van der Waals surface area contributed by atoms with Crippen LogP contribution in [0.5, 0.6) is 11.5 Å². The lowest BCUT2D eigenvalue weighted by Crippen LogP contribution is -2.50. The Morgan fingerprint density at radius 2 is 1.65 bits per heavy atom. The lowest BCUT2D eigenvalue weighted by Gasteiger charge is -2.33. The van der Waals surface area contributed by atoms with Crippen molar-refractivity contribution in [1.82, 2.24) is 10.2 Å². The fourth-order valence-corrected chi connectivity index (χ4v) is 3.65. The lowest BCUT2D eigenvalue weighted by molar-refractivity contribution is -0.134. The summed E-state index contributed by atoms with van der Waals surface area (Å²) in [5.41, 5.74) is 1.09. The number of piperidine rings is 1. The number of likely N-dealkylation sites (tertiary alicyclic amines) is 1. The molecule has 6 heteroatoms. The van der Waals surface area contributed by atoms with Gasteiger partial charge in [-0.1, -0.05) is 50.2 Å². The van der Waals surface area contributed by atoms with Crippen LogP contribution >= 0.6 is 0 Å². The van der Waals surface area contributed by atoms with Crippen molar-refractivity contribution in [3.05, 3.63) is 60.2 Å². The number of carbonyl (C=O) groups excluding carboxylic acids is 2. The second-order valence-corrected chi connectivity index (χ2v) is 8.22. The zero-order valence-corrected chi connectivity index (χ0v) is 18.5. The summed E-state index contributed by atoms with van der Waals surface area (Å²) in [6.07, 6.45) is 0.856. The Balaban J connectivity index is 1.43. The van der Waals surface area contributed by atoms with Crippen LogP contribution in [0.3, 0.4) is 0 Å². The summed E-state index contributed by atoms with van der Waals surface area (Å²) in [6, 6.07) is 17.2. The lowest BCUT2D eigenvalue weighted by atomic mass is 10.0. The molecule has 0 bridgehead atoms. The molecule has 0 spiro atoms. The Morgan fingerprint density at radius 1 is 1.00 bits per heavy atom. The molecule has 1 heterocycles. The van der Waals surface area contributed by atoms with E-state index < -0.39 is 6.10 Å². The second kappa shape index (κ2) is 10.8. The van der Waals surface area contributed by atoms with Crippen LogP contribution in [-0.4, -0.2) is 48.6 Å². The van der Waals surface area contributed by atoms with Gasteiger partial charge in [-0.2, -0.15) is 0 Å². The van der Waals surface area contributed by atoms with Gasteiger partial charge in [0.15, 0.2) is 12.7 Å². The summed E-state index contributed by atoms with van der Waals surface area (Å²) >= 11 is 0. The van der Waals surface area contributed by atoms with E-state index in [4.69, 9.17) is 9.47 Å². The van der Waals surface area contributed by atoms with E-state index in [1.807, 2.05) is 54.6 Å². The first-order valence-electron chi connectivity index (χ1n) is 11.0. The number of benzene rings is 2. The number of carbonyl (C=O) groups is 2. The minimum atomic E-state index is -0.584. The predicted molar refractivity (Wildman–Crippen MR) is 120 cm³/mol. The fraction of sp³-hybridized carbons (Fsp3) is 0.440. The van der Waals surface area contributed by atoms with Gasteiger partial charge >= 0.3 is 0 Å². The Bertz CT molecular complexity index is 861. The largest absolute Gasteiger partial charge is 0.484 e. The van der Waals surface area contributed by atoms with E-state index >= 15 is 0 Å². The third kappa shape index (κ3) is 6.48. The molecule has 6 nitrogen and oxygen atoms in total. The highest BCUT2D eigenvalue weighted by Crippen LogP contribution is 2.26. The van der Waals surface area contributed by atoms with Crippen LogP contribution < -0.4 is 14.8 Å². The maximum Gasteiger partial charge on any atom is 0.260 e. The van der Waals surface area contributed by atoms with Gasteiger partial charge in [0.1, 0.15) is 11.5 Å². The molecule has 1 fully saturated rings. The van der Waals surface area contributed by atoms with Crippen molar-refractivity contribution in [3.63, 3.8) is 0 Å². The molecule has 1 aliphatic heterocycles. The van der Waals surface area contributed by atoms with Crippen LogP contribution in [0.25, 0.3) is 0 Å². The topological polar surface area (TPSA) is 67.9 Å². The maximum absolute atomic E-state index is 12.6. The van der Waals surface area contributed by atoms with E-state index in [0.717, 1.165) is 24.2 Å². The van der Waals surface area contributed by atoms with Crippen molar-refractivity contribution in [2.24, 2.45) is 0 Å². The molecule has 2 aromatic carbocycles. The minimum absolute atomic E-state index is 0.0289. The maximum atomic E-state index is 12.6. The summed E-state index contributed by atoms with van der Waals surface area (Å²) in [5.74, 6) is 1.59. The molecule has 2 aromatic rings. The van der Waals surface area contributed by atoms with Gasteiger partial charge < -0.3 is 19.7 Å². The molecule has 0 radical (unpaired) electrons. The number of ether oxygens (including phenoxy) is 2. The Morgan fingerprint density at radius 3 is 2.32 bits per heavy atom. The summed E-state index contributed by atoms with van der Waals surface area (Å²) in [5, 5.41) is 3.07. The molecule has 1 saturated heterocycles. The first-order valence-corrected chi connectivity index (χ1v) is 11.0. The van der Waals surface area contributed by atoms with Crippen molar-refractivity contribution >= 4 is 11.8 Å². The van der Waals surface area contributed by atoms with Crippen LogP contribution in [0, 0.1) is 0 Å². The van der Waals surface area contributed by atoms with Crippen LogP contribution in [0.15, 0.2) is 54.6 Å². The Kier molecular flexibility index (Phi) is 7.93. The number of nitrogens with one attached hydrogen (secondary N) is 1. The van der Waals surface area contributed by atoms with Crippen LogP contribution in [0.1, 0.15) is 45.1 Å². The van der Waals surface area contributed by atoms with Gasteiger partial charge in [-0.05, 0) is 49.4 Å². The van der Waals surface area contributed by atoms with Crippen molar-refractivity contribution in [2.45, 2.75) is 51.7 Å². The number of para-hydroxylation sites is 2. The van der Waals surface area contributed by atoms with E-state index in [1.165, 1.54) is 0 Å². The molecule has 0 saturated carbocycles. The molecule has 0 aromatic heterocycles. The number of hydrogen-bond donors (Lipinski definition) is 1. The molecule has 0 aliphatic carbocycles. The molecular weight excluding hydrogens is 392 g/mol. The molecule has 1 aliphatic rings. The predicted octanol–water partition coefficient (Wildman–Crippen LogP) is 3.76. The van der Waals surface area contributed by atoms with Crippen LogP contribution in [0.2, 0.25) is 0 Å². The zero-order chi connectivity index (χ0) is 22.2. The van der Waals surface area contributed by atoms with Crippen molar-refractivity contribution in [2.75, 3.05) is 19.7 Å². The van der Waals surface area contributed by atoms with Gasteiger partial charge in [-0.3, -0.25) is 9.59 Å². The third-order valence-electron chi connectivity index (χ3n) is 5.51. The van der Waals surface area contributed by atoms with Gasteiger partial charge in [-0.25, -0.2) is 0 Å². The Hall–Kier alpha value is -3.02.